The largest absolute Gasteiger partial charge is 0.394 e. The van der Waals surface area contributed by atoms with Gasteiger partial charge in [0.15, 0.2) is 5.82 Å². The third-order valence-corrected chi connectivity index (χ3v) is 5.92. The molecule has 0 amide bonds. The Balaban J connectivity index is 1.61. The van der Waals surface area contributed by atoms with Crippen molar-refractivity contribution in [3.63, 3.8) is 0 Å². The lowest BCUT2D eigenvalue weighted by Crippen LogP contribution is -2.31. The molecule has 4 N–H and O–H groups in total. The molecule has 0 bridgehead atoms. The van der Waals surface area contributed by atoms with Gasteiger partial charge in [0.25, 0.3) is 5.89 Å². The third kappa shape index (κ3) is 4.55. The van der Waals surface area contributed by atoms with Crippen molar-refractivity contribution in [3.8, 4) is 22.8 Å². The van der Waals surface area contributed by atoms with Crippen LogP contribution >= 0.6 is 0 Å². The van der Waals surface area contributed by atoms with E-state index in [0.717, 1.165) is 16.8 Å². The number of rotatable bonds is 8. The van der Waals surface area contributed by atoms with Crippen molar-refractivity contribution in [2.45, 2.75) is 39.2 Å². The number of nitrogens with one attached hydrogen (secondary N) is 1. The number of anilines is 2. The molecule has 2 unspecified atom stereocenters. The molecular formula is C23H27N9O2. The van der Waals surface area contributed by atoms with Crippen molar-refractivity contribution in [2.24, 2.45) is 5.92 Å². The summed E-state index contributed by atoms with van der Waals surface area (Å²) in [4.78, 5) is 26.0. The van der Waals surface area contributed by atoms with E-state index in [1.165, 1.54) is 0 Å². The van der Waals surface area contributed by atoms with Crippen LogP contribution in [0.1, 0.15) is 39.1 Å². The molecule has 0 saturated carbocycles. The number of nitrogens with two attached hydrogens (primary N) is 1. The highest BCUT2D eigenvalue weighted by Gasteiger charge is 2.38. The standard InChI is InChI=1S/C23H27N9O2/c1-13(2)23(4,16-5-6-17(25-9-16)15-7-28-22(24)29-8-15)21-31-20(34-32-21)18-10-27-19(11-26-18)30-14(3)12-33/h5-11,13-14,33H,12H2,1-4H3,(H,27,30)(H2,24,28,29). The molecule has 4 aromatic rings. The number of pyridine rings is 1. The smallest absolute Gasteiger partial charge is 0.278 e. The fraction of sp³-hybridized carbons (Fsp3) is 0.348. The zero-order chi connectivity index (χ0) is 24.3. The Kier molecular flexibility index (Phi) is 6.46. The van der Waals surface area contributed by atoms with Gasteiger partial charge in [0, 0.05) is 30.2 Å². The summed E-state index contributed by atoms with van der Waals surface area (Å²) in [7, 11) is 0. The average molecular weight is 462 g/mol. The number of aliphatic hydroxyl groups excluding tert-OH is 1. The molecule has 34 heavy (non-hydrogen) atoms. The van der Waals surface area contributed by atoms with E-state index >= 15 is 0 Å². The highest BCUT2D eigenvalue weighted by atomic mass is 16.5. The summed E-state index contributed by atoms with van der Waals surface area (Å²) in [5, 5.41) is 16.5. The van der Waals surface area contributed by atoms with Crippen molar-refractivity contribution in [2.75, 3.05) is 17.7 Å². The zero-order valence-electron chi connectivity index (χ0n) is 19.5. The van der Waals surface area contributed by atoms with Crippen LogP contribution in [0.4, 0.5) is 11.8 Å². The van der Waals surface area contributed by atoms with E-state index in [0.29, 0.717) is 17.3 Å². The second-order valence-corrected chi connectivity index (χ2v) is 8.56. The summed E-state index contributed by atoms with van der Waals surface area (Å²) in [6, 6.07) is 3.78. The van der Waals surface area contributed by atoms with E-state index in [-0.39, 0.29) is 30.4 Å². The molecule has 0 spiro atoms. The predicted octanol–water partition coefficient (Wildman–Crippen LogP) is 2.72. The summed E-state index contributed by atoms with van der Waals surface area (Å²) >= 11 is 0. The quantitative estimate of drug-likeness (QED) is 0.353. The van der Waals surface area contributed by atoms with Crippen LogP contribution in [0, 0.1) is 5.92 Å². The molecule has 11 heteroatoms. The fourth-order valence-corrected chi connectivity index (χ4v) is 3.41. The van der Waals surface area contributed by atoms with E-state index in [4.69, 9.17) is 10.3 Å². The van der Waals surface area contributed by atoms with Crippen molar-refractivity contribution in [1.29, 1.82) is 0 Å². The van der Waals surface area contributed by atoms with Gasteiger partial charge in [-0.25, -0.2) is 19.9 Å². The minimum atomic E-state index is -0.559. The van der Waals surface area contributed by atoms with E-state index in [1.54, 1.807) is 24.8 Å². The number of hydrogen-bond donors (Lipinski definition) is 3. The van der Waals surface area contributed by atoms with Gasteiger partial charge in [0.2, 0.25) is 5.95 Å². The summed E-state index contributed by atoms with van der Waals surface area (Å²) in [6.07, 6.45) is 8.22. The van der Waals surface area contributed by atoms with Crippen molar-refractivity contribution in [3.05, 3.63) is 54.5 Å². The molecular weight excluding hydrogens is 434 g/mol. The molecule has 4 rings (SSSR count). The lowest BCUT2D eigenvalue weighted by atomic mass is 9.73. The number of nitrogens with zero attached hydrogens (tertiary/aromatic N) is 7. The Bertz CT molecular complexity index is 1220. The first-order chi connectivity index (χ1) is 16.3. The van der Waals surface area contributed by atoms with Crippen molar-refractivity contribution >= 4 is 11.8 Å². The predicted molar refractivity (Wildman–Crippen MR) is 126 cm³/mol. The molecule has 0 saturated heterocycles. The molecule has 0 aliphatic heterocycles. The minimum Gasteiger partial charge on any atom is -0.394 e. The molecule has 4 heterocycles. The lowest BCUT2D eigenvalue weighted by Gasteiger charge is -2.30. The second-order valence-electron chi connectivity index (χ2n) is 8.56. The average Bonchev–Trinajstić information content (AvgIpc) is 3.35. The molecule has 11 nitrogen and oxygen atoms in total. The number of nitrogen functional groups attached to an aromatic ring is 1. The van der Waals surface area contributed by atoms with Gasteiger partial charge in [-0.15, -0.1) is 0 Å². The first-order valence-corrected chi connectivity index (χ1v) is 10.9. The molecule has 0 aliphatic rings. The number of aromatic nitrogens is 7. The van der Waals surface area contributed by atoms with Crippen LogP contribution in [0.3, 0.4) is 0 Å². The molecule has 176 valence electrons. The van der Waals surface area contributed by atoms with Crippen LogP contribution in [-0.4, -0.2) is 52.8 Å². The molecule has 0 radical (unpaired) electrons. The normalized spacial score (nSPS) is 14.1. The Morgan fingerprint density at radius 2 is 1.71 bits per heavy atom. The Labute approximate surface area is 196 Å². The fourth-order valence-electron chi connectivity index (χ4n) is 3.41. The monoisotopic (exact) mass is 461 g/mol. The van der Waals surface area contributed by atoms with Gasteiger partial charge in [0.05, 0.1) is 30.1 Å². The van der Waals surface area contributed by atoms with Gasteiger partial charge in [-0.1, -0.05) is 25.1 Å². The molecule has 0 aliphatic carbocycles. The van der Waals surface area contributed by atoms with Crippen LogP contribution in [0.5, 0.6) is 0 Å². The van der Waals surface area contributed by atoms with Gasteiger partial charge in [-0.2, -0.15) is 4.98 Å². The van der Waals surface area contributed by atoms with Crippen LogP contribution in [-0.2, 0) is 5.41 Å². The van der Waals surface area contributed by atoms with Crippen LogP contribution in [0.25, 0.3) is 22.8 Å². The molecule has 2 atom stereocenters. The first kappa shape index (κ1) is 23.2. The van der Waals surface area contributed by atoms with Gasteiger partial charge in [-0.05, 0) is 31.4 Å². The third-order valence-electron chi connectivity index (χ3n) is 5.92. The summed E-state index contributed by atoms with van der Waals surface area (Å²) in [5.41, 5.74) is 7.94. The maximum absolute atomic E-state index is 9.17. The highest BCUT2D eigenvalue weighted by molar-refractivity contribution is 5.57. The second kappa shape index (κ2) is 9.48. The van der Waals surface area contributed by atoms with Gasteiger partial charge in [0.1, 0.15) is 11.5 Å². The minimum absolute atomic E-state index is 0.00612. The summed E-state index contributed by atoms with van der Waals surface area (Å²) in [6.45, 7) is 8.09. The van der Waals surface area contributed by atoms with E-state index in [2.05, 4.69) is 61.1 Å². The Morgan fingerprint density at radius 1 is 0.971 bits per heavy atom. The van der Waals surface area contributed by atoms with E-state index < -0.39 is 5.41 Å². The van der Waals surface area contributed by atoms with Crippen molar-refractivity contribution in [1.82, 2.24) is 35.1 Å². The number of aliphatic hydroxyl groups is 1. The van der Waals surface area contributed by atoms with Gasteiger partial charge >= 0.3 is 0 Å². The molecule has 4 aromatic heterocycles. The summed E-state index contributed by atoms with van der Waals surface area (Å²) < 4.78 is 5.54. The van der Waals surface area contributed by atoms with Crippen LogP contribution in [0.15, 0.2) is 47.6 Å². The van der Waals surface area contributed by atoms with Crippen molar-refractivity contribution < 1.29 is 9.63 Å². The zero-order valence-corrected chi connectivity index (χ0v) is 19.5. The van der Waals surface area contributed by atoms with Crippen LogP contribution in [0.2, 0.25) is 0 Å². The number of hydrogen-bond acceptors (Lipinski definition) is 11. The van der Waals surface area contributed by atoms with E-state index in [9.17, 15) is 5.11 Å². The Morgan fingerprint density at radius 3 is 2.29 bits per heavy atom. The topological polar surface area (TPSA) is 162 Å². The molecule has 0 aromatic carbocycles. The maximum atomic E-state index is 9.17. The highest BCUT2D eigenvalue weighted by Crippen LogP contribution is 2.38. The molecule has 0 fully saturated rings. The van der Waals surface area contributed by atoms with E-state index in [1.807, 2.05) is 25.3 Å². The van der Waals surface area contributed by atoms with Crippen LogP contribution < -0.4 is 11.1 Å². The lowest BCUT2D eigenvalue weighted by molar-refractivity contribution is 0.281. The first-order valence-electron chi connectivity index (χ1n) is 10.9. The SMILES string of the molecule is CC(CO)Nc1cnc(-c2nc(C(C)(c3ccc(-c4cnc(N)nc4)nc3)C(C)C)no2)cn1. The Hall–Kier alpha value is -3.99. The maximum Gasteiger partial charge on any atom is 0.278 e. The van der Waals surface area contributed by atoms with Gasteiger partial charge < -0.3 is 20.7 Å². The van der Waals surface area contributed by atoms with Gasteiger partial charge in [-0.3, -0.25) is 4.98 Å². The summed E-state index contributed by atoms with van der Waals surface area (Å²) in [5.74, 6) is 1.72.